The molecule has 13 heavy (non-hydrogen) atoms. The van der Waals surface area contributed by atoms with Crippen molar-refractivity contribution in [2.45, 2.75) is 25.3 Å². The van der Waals surface area contributed by atoms with Gasteiger partial charge in [-0.1, -0.05) is 5.16 Å². The predicted molar refractivity (Wildman–Crippen MR) is 47.6 cm³/mol. The SMILES string of the molecule is N/C(CNC(=O)NC1CCC1)=N\O. The van der Waals surface area contributed by atoms with Crippen LogP contribution in [0.25, 0.3) is 0 Å². The molecule has 0 aromatic carbocycles. The molecule has 0 heterocycles. The van der Waals surface area contributed by atoms with E-state index in [1.165, 1.54) is 6.42 Å². The van der Waals surface area contributed by atoms with E-state index in [-0.39, 0.29) is 18.4 Å². The van der Waals surface area contributed by atoms with Gasteiger partial charge in [0.05, 0.1) is 6.54 Å². The van der Waals surface area contributed by atoms with Crippen LogP contribution in [0.15, 0.2) is 5.16 Å². The molecule has 1 saturated carbocycles. The maximum atomic E-state index is 11.1. The van der Waals surface area contributed by atoms with Crippen molar-refractivity contribution < 1.29 is 10.0 Å². The van der Waals surface area contributed by atoms with E-state index in [2.05, 4.69) is 15.8 Å². The lowest BCUT2D eigenvalue weighted by Crippen LogP contribution is -2.47. The van der Waals surface area contributed by atoms with Crippen LogP contribution in [0.5, 0.6) is 0 Å². The Morgan fingerprint density at radius 1 is 1.62 bits per heavy atom. The highest BCUT2D eigenvalue weighted by molar-refractivity contribution is 5.86. The zero-order chi connectivity index (χ0) is 9.68. The van der Waals surface area contributed by atoms with Crippen molar-refractivity contribution in [2.24, 2.45) is 10.9 Å². The summed E-state index contributed by atoms with van der Waals surface area (Å²) in [7, 11) is 0. The molecular formula is C7H14N4O2. The van der Waals surface area contributed by atoms with E-state index < -0.39 is 0 Å². The Morgan fingerprint density at radius 2 is 2.31 bits per heavy atom. The van der Waals surface area contributed by atoms with Crippen LogP contribution in [0.4, 0.5) is 4.79 Å². The molecule has 0 radical (unpaired) electrons. The van der Waals surface area contributed by atoms with Crippen molar-refractivity contribution in [1.29, 1.82) is 0 Å². The first-order valence-corrected chi connectivity index (χ1v) is 4.23. The number of carbonyl (C=O) groups is 1. The van der Waals surface area contributed by atoms with Crippen LogP contribution in [0.1, 0.15) is 19.3 Å². The van der Waals surface area contributed by atoms with E-state index in [0.29, 0.717) is 6.04 Å². The number of hydrogen-bond acceptors (Lipinski definition) is 3. The van der Waals surface area contributed by atoms with Crippen molar-refractivity contribution in [1.82, 2.24) is 10.6 Å². The number of nitrogens with one attached hydrogen (secondary N) is 2. The lowest BCUT2D eigenvalue weighted by Gasteiger charge is -2.26. The van der Waals surface area contributed by atoms with Gasteiger partial charge in [-0.15, -0.1) is 0 Å². The summed E-state index contributed by atoms with van der Waals surface area (Å²) in [6.45, 7) is 0.0645. The zero-order valence-corrected chi connectivity index (χ0v) is 7.29. The van der Waals surface area contributed by atoms with Crippen molar-refractivity contribution in [3.05, 3.63) is 0 Å². The molecule has 0 aromatic rings. The Hall–Kier alpha value is -1.46. The van der Waals surface area contributed by atoms with Gasteiger partial charge in [0.2, 0.25) is 0 Å². The minimum atomic E-state index is -0.267. The highest BCUT2D eigenvalue weighted by Gasteiger charge is 2.18. The number of oxime groups is 1. The van der Waals surface area contributed by atoms with Crippen LogP contribution in [0.3, 0.4) is 0 Å². The standard InChI is InChI=1S/C7H14N4O2/c8-6(11-13)4-9-7(12)10-5-2-1-3-5/h5,13H,1-4H2,(H2,8,11)(H2,9,10,12). The highest BCUT2D eigenvalue weighted by atomic mass is 16.4. The smallest absolute Gasteiger partial charge is 0.315 e. The molecule has 1 rings (SSSR count). The number of urea groups is 1. The Morgan fingerprint density at radius 3 is 2.77 bits per heavy atom. The first kappa shape index (κ1) is 9.63. The van der Waals surface area contributed by atoms with Gasteiger partial charge in [-0.3, -0.25) is 0 Å². The molecule has 2 amide bonds. The molecule has 0 aromatic heterocycles. The van der Waals surface area contributed by atoms with E-state index in [4.69, 9.17) is 10.9 Å². The summed E-state index contributed by atoms with van der Waals surface area (Å²) < 4.78 is 0. The largest absolute Gasteiger partial charge is 0.409 e. The van der Waals surface area contributed by atoms with E-state index in [1.54, 1.807) is 0 Å². The van der Waals surface area contributed by atoms with E-state index in [0.717, 1.165) is 12.8 Å². The molecular weight excluding hydrogens is 172 g/mol. The number of rotatable bonds is 3. The van der Waals surface area contributed by atoms with Crippen LogP contribution < -0.4 is 16.4 Å². The fourth-order valence-corrected chi connectivity index (χ4v) is 0.995. The second-order valence-electron chi connectivity index (χ2n) is 3.05. The number of hydrogen-bond donors (Lipinski definition) is 4. The monoisotopic (exact) mass is 186 g/mol. The molecule has 74 valence electrons. The second kappa shape index (κ2) is 4.54. The third-order valence-electron chi connectivity index (χ3n) is 2.00. The lowest BCUT2D eigenvalue weighted by molar-refractivity contribution is 0.229. The Balaban J connectivity index is 2.10. The topological polar surface area (TPSA) is 99.7 Å². The fourth-order valence-electron chi connectivity index (χ4n) is 0.995. The number of amides is 2. The van der Waals surface area contributed by atoms with Gasteiger partial charge < -0.3 is 21.6 Å². The number of amidine groups is 1. The highest BCUT2D eigenvalue weighted by Crippen LogP contribution is 2.17. The molecule has 6 heteroatoms. The summed E-state index contributed by atoms with van der Waals surface area (Å²) in [5.74, 6) is -0.0104. The van der Waals surface area contributed by atoms with Crippen molar-refractivity contribution in [3.63, 3.8) is 0 Å². The molecule has 0 aliphatic heterocycles. The maximum absolute atomic E-state index is 11.1. The molecule has 0 saturated heterocycles. The normalized spacial score (nSPS) is 17.7. The van der Waals surface area contributed by atoms with Gasteiger partial charge in [-0.05, 0) is 19.3 Å². The van der Waals surface area contributed by atoms with Crippen LogP contribution in [0, 0.1) is 0 Å². The van der Waals surface area contributed by atoms with Crippen molar-refractivity contribution in [3.8, 4) is 0 Å². The van der Waals surface area contributed by atoms with E-state index >= 15 is 0 Å². The second-order valence-corrected chi connectivity index (χ2v) is 3.05. The average Bonchev–Trinajstić information content (AvgIpc) is 2.07. The van der Waals surface area contributed by atoms with Crippen molar-refractivity contribution in [2.75, 3.05) is 6.54 Å². The van der Waals surface area contributed by atoms with Gasteiger partial charge in [0.15, 0.2) is 5.84 Å². The first-order chi connectivity index (χ1) is 6.22. The fraction of sp³-hybridized carbons (Fsp3) is 0.714. The van der Waals surface area contributed by atoms with Crippen LogP contribution in [-0.4, -0.2) is 29.7 Å². The third-order valence-corrected chi connectivity index (χ3v) is 2.00. The van der Waals surface area contributed by atoms with Gasteiger partial charge in [-0.2, -0.15) is 0 Å². The number of nitrogens with two attached hydrogens (primary N) is 1. The summed E-state index contributed by atoms with van der Waals surface area (Å²) in [5, 5.41) is 16.1. The Kier molecular flexibility index (Phi) is 3.36. The molecule has 1 fully saturated rings. The molecule has 0 bridgehead atoms. The van der Waals surface area contributed by atoms with Gasteiger partial charge in [0, 0.05) is 6.04 Å². The maximum Gasteiger partial charge on any atom is 0.315 e. The summed E-state index contributed by atoms with van der Waals surface area (Å²) in [6, 6.07) is 0.0311. The summed E-state index contributed by atoms with van der Waals surface area (Å²) in [4.78, 5) is 11.1. The van der Waals surface area contributed by atoms with Gasteiger partial charge in [-0.25, -0.2) is 4.79 Å². The Bertz CT molecular complexity index is 213. The number of carbonyl (C=O) groups excluding carboxylic acids is 1. The molecule has 5 N–H and O–H groups in total. The predicted octanol–water partition coefficient (Wildman–Crippen LogP) is -0.415. The van der Waals surface area contributed by atoms with Crippen LogP contribution >= 0.6 is 0 Å². The van der Waals surface area contributed by atoms with Crippen molar-refractivity contribution >= 4 is 11.9 Å². The molecule has 0 unspecified atom stereocenters. The van der Waals surface area contributed by atoms with Crippen LogP contribution in [0.2, 0.25) is 0 Å². The summed E-state index contributed by atoms with van der Waals surface area (Å²) >= 11 is 0. The average molecular weight is 186 g/mol. The molecule has 6 nitrogen and oxygen atoms in total. The zero-order valence-electron chi connectivity index (χ0n) is 7.29. The van der Waals surface area contributed by atoms with Crippen LogP contribution in [-0.2, 0) is 0 Å². The Labute approximate surface area is 76.2 Å². The number of nitrogens with zero attached hydrogens (tertiary/aromatic N) is 1. The molecule has 0 atom stereocenters. The minimum Gasteiger partial charge on any atom is -0.409 e. The van der Waals surface area contributed by atoms with Gasteiger partial charge in [0.25, 0.3) is 0 Å². The lowest BCUT2D eigenvalue weighted by atomic mass is 9.93. The summed E-state index contributed by atoms with van der Waals surface area (Å²) in [5.41, 5.74) is 5.16. The third kappa shape index (κ3) is 3.18. The van der Waals surface area contributed by atoms with Gasteiger partial charge >= 0.3 is 6.03 Å². The van der Waals surface area contributed by atoms with E-state index in [9.17, 15) is 4.79 Å². The molecule has 0 spiro atoms. The molecule has 1 aliphatic rings. The minimum absolute atomic E-state index is 0.0104. The summed E-state index contributed by atoms with van der Waals surface area (Å²) in [6.07, 6.45) is 3.25. The van der Waals surface area contributed by atoms with Gasteiger partial charge in [0.1, 0.15) is 0 Å². The van der Waals surface area contributed by atoms with E-state index in [1.807, 2.05) is 0 Å². The molecule has 1 aliphatic carbocycles. The quantitative estimate of drug-likeness (QED) is 0.208. The first-order valence-electron chi connectivity index (χ1n) is 4.23.